The number of phenols is 1. The number of nitrogens with zero attached hydrogens (tertiary/aromatic N) is 1. The summed E-state index contributed by atoms with van der Waals surface area (Å²) in [5, 5.41) is 12.8. The molecular weight excluding hydrogens is 380 g/mol. The number of amides is 2. The summed E-state index contributed by atoms with van der Waals surface area (Å²) in [5.74, 6) is -0.802. The lowest BCUT2D eigenvalue weighted by atomic mass is 10.1. The smallest absolute Gasteiger partial charge is 0.254 e. The Hall–Kier alpha value is -2.73. The van der Waals surface area contributed by atoms with Crippen LogP contribution in [0, 0.1) is 20.8 Å². The molecule has 0 aromatic heterocycles. The summed E-state index contributed by atoms with van der Waals surface area (Å²) in [5.41, 5.74) is 4.03. The summed E-state index contributed by atoms with van der Waals surface area (Å²) >= 11 is 5.98. The first-order valence-electron chi connectivity index (χ1n) is 8.92. The Morgan fingerprint density at radius 1 is 1.14 bits per heavy atom. The monoisotopic (exact) mass is 404 g/mol. The molecular formula is C21H25ClN2O4. The van der Waals surface area contributed by atoms with Gasteiger partial charge in [0.25, 0.3) is 5.91 Å². The third-order valence-electron chi connectivity index (χ3n) is 4.24. The van der Waals surface area contributed by atoms with Crippen LogP contribution in [0.3, 0.4) is 0 Å². The van der Waals surface area contributed by atoms with E-state index in [2.05, 4.69) is 5.32 Å². The van der Waals surface area contributed by atoms with Crippen LogP contribution in [0.15, 0.2) is 24.3 Å². The van der Waals surface area contributed by atoms with E-state index in [4.69, 9.17) is 16.3 Å². The summed E-state index contributed by atoms with van der Waals surface area (Å²) in [6.45, 7) is 7.80. The van der Waals surface area contributed by atoms with Crippen molar-refractivity contribution in [2.24, 2.45) is 0 Å². The van der Waals surface area contributed by atoms with Crippen LogP contribution < -0.4 is 10.1 Å². The lowest BCUT2D eigenvalue weighted by molar-refractivity contribution is -0.116. The normalized spacial score (nSPS) is 10.5. The summed E-state index contributed by atoms with van der Waals surface area (Å²) in [7, 11) is 1.53. The van der Waals surface area contributed by atoms with Crippen LogP contribution in [0.1, 0.15) is 34.0 Å². The molecule has 0 unspecified atom stereocenters. The largest absolute Gasteiger partial charge is 0.503 e. The molecule has 0 aliphatic rings. The fourth-order valence-electron chi connectivity index (χ4n) is 3.03. The molecule has 28 heavy (non-hydrogen) atoms. The maximum absolute atomic E-state index is 12.7. The van der Waals surface area contributed by atoms with Gasteiger partial charge in [-0.2, -0.15) is 0 Å². The van der Waals surface area contributed by atoms with Gasteiger partial charge in [-0.25, -0.2) is 0 Å². The number of anilines is 1. The van der Waals surface area contributed by atoms with E-state index in [0.29, 0.717) is 6.61 Å². The zero-order valence-corrected chi connectivity index (χ0v) is 17.5. The molecule has 2 amide bonds. The maximum Gasteiger partial charge on any atom is 0.254 e. The van der Waals surface area contributed by atoms with Gasteiger partial charge in [0, 0.05) is 18.3 Å². The van der Waals surface area contributed by atoms with E-state index in [1.165, 1.54) is 24.1 Å². The molecule has 2 rings (SSSR count). The van der Waals surface area contributed by atoms with Crippen LogP contribution in [-0.2, 0) is 4.79 Å². The molecule has 0 aliphatic carbocycles. The summed E-state index contributed by atoms with van der Waals surface area (Å²) in [6.07, 6.45) is 0. The molecule has 0 heterocycles. The van der Waals surface area contributed by atoms with Gasteiger partial charge in [-0.15, -0.1) is 0 Å². The van der Waals surface area contributed by atoms with Gasteiger partial charge in [-0.05, 0) is 51.0 Å². The van der Waals surface area contributed by atoms with Gasteiger partial charge in [0.1, 0.15) is 0 Å². The second-order valence-corrected chi connectivity index (χ2v) is 7.13. The number of aryl methyl sites for hydroxylation is 3. The highest BCUT2D eigenvalue weighted by Gasteiger charge is 2.19. The number of phenolic OH excluding ortho intramolecular Hbond substituents is 1. The number of carbonyl (C=O) groups excluding carboxylic acids is 2. The van der Waals surface area contributed by atoms with Crippen molar-refractivity contribution >= 4 is 29.1 Å². The zero-order valence-electron chi connectivity index (χ0n) is 16.7. The van der Waals surface area contributed by atoms with Crippen molar-refractivity contribution < 1.29 is 19.4 Å². The van der Waals surface area contributed by atoms with Gasteiger partial charge < -0.3 is 20.1 Å². The average molecular weight is 405 g/mol. The van der Waals surface area contributed by atoms with E-state index in [-0.39, 0.29) is 34.5 Å². The minimum absolute atomic E-state index is 0.0121. The number of benzene rings is 2. The van der Waals surface area contributed by atoms with Gasteiger partial charge in [0.15, 0.2) is 11.5 Å². The first-order chi connectivity index (χ1) is 13.1. The van der Waals surface area contributed by atoms with Gasteiger partial charge in [0.2, 0.25) is 5.91 Å². The van der Waals surface area contributed by atoms with Crippen molar-refractivity contribution in [2.45, 2.75) is 27.7 Å². The fraction of sp³-hybridized carbons (Fsp3) is 0.333. The fourth-order valence-corrected chi connectivity index (χ4v) is 3.24. The van der Waals surface area contributed by atoms with E-state index in [9.17, 15) is 14.7 Å². The van der Waals surface area contributed by atoms with Gasteiger partial charge in [0.05, 0.1) is 18.2 Å². The number of hydrogen-bond acceptors (Lipinski definition) is 4. The molecule has 2 N–H and O–H groups in total. The number of likely N-dealkylation sites (N-methyl/N-ethyl adjacent to an activating group) is 1. The van der Waals surface area contributed by atoms with Gasteiger partial charge >= 0.3 is 0 Å². The average Bonchev–Trinajstić information content (AvgIpc) is 2.61. The van der Waals surface area contributed by atoms with Crippen molar-refractivity contribution in [3.8, 4) is 11.5 Å². The Morgan fingerprint density at radius 3 is 2.32 bits per heavy atom. The summed E-state index contributed by atoms with van der Waals surface area (Å²) in [4.78, 5) is 26.4. The Kier molecular flexibility index (Phi) is 6.91. The van der Waals surface area contributed by atoms with Crippen LogP contribution in [0.4, 0.5) is 5.69 Å². The third kappa shape index (κ3) is 4.95. The Bertz CT molecular complexity index is 889. The van der Waals surface area contributed by atoms with E-state index in [1.54, 1.807) is 6.92 Å². The van der Waals surface area contributed by atoms with Crippen LogP contribution in [0.2, 0.25) is 5.02 Å². The number of halogens is 1. The highest BCUT2D eigenvalue weighted by atomic mass is 35.5. The number of hydrogen-bond donors (Lipinski definition) is 2. The summed E-state index contributed by atoms with van der Waals surface area (Å²) < 4.78 is 5.30. The predicted molar refractivity (Wildman–Crippen MR) is 111 cm³/mol. The molecule has 0 radical (unpaired) electrons. The Labute approximate surface area is 170 Å². The molecule has 7 heteroatoms. The minimum Gasteiger partial charge on any atom is -0.503 e. The SMILES string of the molecule is CCOc1cc(C(=O)N(C)CC(=O)Nc2c(C)cc(C)cc2C)cc(Cl)c1O. The lowest BCUT2D eigenvalue weighted by Gasteiger charge is -2.19. The van der Waals surface area contributed by atoms with Crippen LogP contribution in [-0.4, -0.2) is 42.0 Å². The molecule has 0 atom stereocenters. The molecule has 0 bridgehead atoms. The highest BCUT2D eigenvalue weighted by Crippen LogP contribution is 2.35. The van der Waals surface area contributed by atoms with Crippen LogP contribution >= 0.6 is 11.6 Å². The number of ether oxygens (including phenoxy) is 1. The number of carbonyl (C=O) groups is 2. The first-order valence-corrected chi connectivity index (χ1v) is 9.30. The van der Waals surface area contributed by atoms with E-state index < -0.39 is 5.91 Å². The summed E-state index contributed by atoms with van der Waals surface area (Å²) in [6, 6.07) is 6.75. The highest BCUT2D eigenvalue weighted by molar-refractivity contribution is 6.32. The number of aromatic hydroxyl groups is 1. The van der Waals surface area contributed by atoms with Gasteiger partial charge in [-0.3, -0.25) is 9.59 Å². The van der Waals surface area contributed by atoms with Crippen molar-refractivity contribution in [2.75, 3.05) is 25.5 Å². The van der Waals surface area contributed by atoms with Crippen molar-refractivity contribution in [1.29, 1.82) is 0 Å². The molecule has 2 aromatic carbocycles. The molecule has 0 aliphatic heterocycles. The van der Waals surface area contributed by atoms with Crippen LogP contribution in [0.25, 0.3) is 0 Å². The Balaban J connectivity index is 2.13. The maximum atomic E-state index is 12.7. The second kappa shape index (κ2) is 8.97. The van der Waals surface area contributed by atoms with Gasteiger partial charge in [-0.1, -0.05) is 29.3 Å². The minimum atomic E-state index is -0.407. The quantitative estimate of drug-likeness (QED) is 0.760. The molecule has 0 fully saturated rings. The number of nitrogens with one attached hydrogen (secondary N) is 1. The second-order valence-electron chi connectivity index (χ2n) is 6.72. The van der Waals surface area contributed by atoms with E-state index in [1.807, 2.05) is 32.9 Å². The van der Waals surface area contributed by atoms with E-state index >= 15 is 0 Å². The third-order valence-corrected chi connectivity index (χ3v) is 4.53. The van der Waals surface area contributed by atoms with Crippen LogP contribution in [0.5, 0.6) is 11.5 Å². The molecule has 150 valence electrons. The molecule has 6 nitrogen and oxygen atoms in total. The Morgan fingerprint density at radius 2 is 1.75 bits per heavy atom. The van der Waals surface area contributed by atoms with Crippen molar-refractivity contribution in [3.05, 3.63) is 51.5 Å². The molecule has 0 saturated carbocycles. The molecule has 2 aromatic rings. The van der Waals surface area contributed by atoms with E-state index in [0.717, 1.165) is 22.4 Å². The van der Waals surface area contributed by atoms with Crippen molar-refractivity contribution in [3.63, 3.8) is 0 Å². The first kappa shape index (κ1) is 21.6. The topological polar surface area (TPSA) is 78.9 Å². The van der Waals surface area contributed by atoms with Crippen molar-refractivity contribution in [1.82, 2.24) is 4.90 Å². The molecule has 0 spiro atoms. The standard InChI is InChI=1S/C21H25ClN2O4/c1-6-28-17-10-15(9-16(22)20(17)26)21(27)24(5)11-18(25)23-19-13(3)7-12(2)8-14(19)4/h7-10,26H,6,11H2,1-5H3,(H,23,25). The lowest BCUT2D eigenvalue weighted by Crippen LogP contribution is -2.35. The molecule has 0 saturated heterocycles. The predicted octanol–water partition coefficient (Wildman–Crippen LogP) is 4.08. The number of rotatable bonds is 6. The zero-order chi connectivity index (χ0) is 21.0.